The Hall–Kier alpha value is -1.71. The quantitative estimate of drug-likeness (QED) is 0.740. The minimum atomic E-state index is 0.678. The predicted molar refractivity (Wildman–Crippen MR) is 62.7 cm³/mol. The second kappa shape index (κ2) is 4.04. The molecule has 0 unspecified atom stereocenters. The van der Waals surface area contributed by atoms with E-state index in [0.29, 0.717) is 5.56 Å². The fourth-order valence-corrected chi connectivity index (χ4v) is 1.94. The topological polar surface area (TPSA) is 47.8 Å². The van der Waals surface area contributed by atoms with E-state index in [1.165, 1.54) is 0 Å². The first-order valence-corrected chi connectivity index (χ1v) is 5.52. The molecule has 0 saturated carbocycles. The molecule has 2 rings (SSSR count). The summed E-state index contributed by atoms with van der Waals surface area (Å²) in [4.78, 5) is 19.9. The molecule has 0 aromatic carbocycles. The smallest absolute Gasteiger partial charge is 0.152 e. The van der Waals surface area contributed by atoms with Gasteiger partial charge in [0.05, 0.1) is 11.1 Å². The van der Waals surface area contributed by atoms with Crippen molar-refractivity contribution >= 4 is 17.3 Å². The summed E-state index contributed by atoms with van der Waals surface area (Å²) in [7, 11) is 0. The average Bonchev–Trinajstić information content (AvgIpc) is 2.67. The van der Waals surface area contributed by atoms with Crippen molar-refractivity contribution in [2.75, 3.05) is 0 Å². The maximum absolute atomic E-state index is 11.0. The Morgan fingerprint density at radius 2 is 2.12 bits per heavy atom. The third-order valence-corrected chi connectivity index (χ3v) is 2.76. The van der Waals surface area contributed by atoms with Gasteiger partial charge in [0.25, 0.3) is 0 Å². The Labute approximate surface area is 94.3 Å². The molecule has 0 saturated heterocycles. The van der Waals surface area contributed by atoms with E-state index in [0.717, 1.165) is 41.8 Å². The molecule has 16 heavy (non-hydrogen) atoms. The lowest BCUT2D eigenvalue weighted by atomic mass is 10.2. The Morgan fingerprint density at radius 3 is 2.69 bits per heavy atom. The molecule has 2 aromatic heterocycles. The number of aldehydes is 1. The van der Waals surface area contributed by atoms with Crippen LogP contribution in [0.5, 0.6) is 0 Å². The van der Waals surface area contributed by atoms with Crippen LogP contribution in [0.25, 0.3) is 11.0 Å². The zero-order valence-electron chi connectivity index (χ0n) is 9.82. The highest BCUT2D eigenvalue weighted by Crippen LogP contribution is 2.21. The number of aryl methyl sites for hydroxylation is 3. The number of hydrogen-bond acceptors (Lipinski definition) is 3. The molecule has 4 nitrogen and oxygen atoms in total. The monoisotopic (exact) mass is 217 g/mol. The van der Waals surface area contributed by atoms with Crippen molar-refractivity contribution in [1.29, 1.82) is 0 Å². The van der Waals surface area contributed by atoms with E-state index < -0.39 is 0 Å². The van der Waals surface area contributed by atoms with Crippen molar-refractivity contribution in [3.8, 4) is 0 Å². The predicted octanol–water partition coefficient (Wildman–Crippen LogP) is 2.13. The number of rotatable bonds is 3. The maximum Gasteiger partial charge on any atom is 0.152 e. The first-order valence-electron chi connectivity index (χ1n) is 5.52. The van der Waals surface area contributed by atoms with Crippen LogP contribution < -0.4 is 0 Å². The molecule has 0 radical (unpaired) electrons. The van der Waals surface area contributed by atoms with E-state index in [1.54, 1.807) is 0 Å². The van der Waals surface area contributed by atoms with E-state index in [4.69, 9.17) is 0 Å². The van der Waals surface area contributed by atoms with Crippen LogP contribution in [-0.2, 0) is 13.0 Å². The van der Waals surface area contributed by atoms with E-state index in [2.05, 4.69) is 9.97 Å². The highest BCUT2D eigenvalue weighted by Gasteiger charge is 2.12. The second-order valence-electron chi connectivity index (χ2n) is 3.77. The van der Waals surface area contributed by atoms with Gasteiger partial charge in [-0.2, -0.15) is 0 Å². The van der Waals surface area contributed by atoms with Gasteiger partial charge in [-0.3, -0.25) is 4.79 Å². The van der Waals surface area contributed by atoms with Crippen LogP contribution in [0, 0.1) is 6.92 Å². The molecule has 0 N–H and O–H groups in total. The highest BCUT2D eigenvalue weighted by atomic mass is 16.1. The summed E-state index contributed by atoms with van der Waals surface area (Å²) in [5, 5.41) is 0.883. The van der Waals surface area contributed by atoms with Crippen LogP contribution in [0.4, 0.5) is 0 Å². The van der Waals surface area contributed by atoms with E-state index in [-0.39, 0.29) is 0 Å². The van der Waals surface area contributed by atoms with Crippen molar-refractivity contribution in [3.63, 3.8) is 0 Å². The van der Waals surface area contributed by atoms with Gasteiger partial charge in [-0.1, -0.05) is 6.92 Å². The van der Waals surface area contributed by atoms with Gasteiger partial charge in [0, 0.05) is 24.7 Å². The van der Waals surface area contributed by atoms with Gasteiger partial charge < -0.3 is 4.57 Å². The van der Waals surface area contributed by atoms with Crippen LogP contribution in [0.1, 0.15) is 35.7 Å². The van der Waals surface area contributed by atoms with Crippen molar-refractivity contribution < 1.29 is 4.79 Å². The first kappa shape index (κ1) is 10.8. The molecule has 0 atom stereocenters. The fourth-order valence-electron chi connectivity index (χ4n) is 1.94. The minimum Gasteiger partial charge on any atom is -0.332 e. The number of hydrogen-bond donors (Lipinski definition) is 0. The van der Waals surface area contributed by atoms with Gasteiger partial charge in [0.1, 0.15) is 11.5 Å². The first-order chi connectivity index (χ1) is 7.71. The zero-order valence-corrected chi connectivity index (χ0v) is 9.82. The molecule has 0 aliphatic rings. The summed E-state index contributed by atoms with van der Waals surface area (Å²) in [5.74, 6) is 0.829. The van der Waals surface area contributed by atoms with Crippen LogP contribution in [0.2, 0.25) is 0 Å². The van der Waals surface area contributed by atoms with Gasteiger partial charge in [-0.05, 0) is 13.8 Å². The Bertz CT molecular complexity index is 543. The summed E-state index contributed by atoms with van der Waals surface area (Å²) in [6, 6.07) is 0. The van der Waals surface area contributed by atoms with Crippen molar-refractivity contribution in [2.45, 2.75) is 33.7 Å². The molecule has 2 heterocycles. The lowest BCUT2D eigenvalue weighted by molar-refractivity contribution is 0.112. The Balaban J connectivity index is 2.84. The third kappa shape index (κ3) is 1.50. The number of aromatic nitrogens is 3. The van der Waals surface area contributed by atoms with Crippen LogP contribution in [0.3, 0.4) is 0 Å². The van der Waals surface area contributed by atoms with Gasteiger partial charge in [-0.15, -0.1) is 0 Å². The minimum absolute atomic E-state index is 0.678. The van der Waals surface area contributed by atoms with Crippen molar-refractivity contribution in [2.24, 2.45) is 0 Å². The van der Waals surface area contributed by atoms with E-state index in [1.807, 2.05) is 31.5 Å². The molecule has 0 aliphatic carbocycles. The van der Waals surface area contributed by atoms with E-state index in [9.17, 15) is 4.79 Å². The van der Waals surface area contributed by atoms with Crippen LogP contribution in [-0.4, -0.2) is 20.8 Å². The normalized spacial score (nSPS) is 10.9. The fraction of sp³-hybridized carbons (Fsp3) is 0.417. The SMILES string of the molecule is CCc1nc(C)c2c(C=O)cn(CC)c2n1. The van der Waals surface area contributed by atoms with Gasteiger partial charge in [-0.25, -0.2) is 9.97 Å². The average molecular weight is 217 g/mol. The number of nitrogens with zero attached hydrogens (tertiary/aromatic N) is 3. The van der Waals surface area contributed by atoms with Crippen LogP contribution in [0.15, 0.2) is 6.20 Å². The summed E-state index contributed by atoms with van der Waals surface area (Å²) in [6.07, 6.45) is 3.53. The molecule has 2 aromatic rings. The highest BCUT2D eigenvalue weighted by molar-refractivity contribution is 5.97. The van der Waals surface area contributed by atoms with Gasteiger partial charge in [0.15, 0.2) is 6.29 Å². The third-order valence-electron chi connectivity index (χ3n) is 2.76. The maximum atomic E-state index is 11.0. The summed E-state index contributed by atoms with van der Waals surface area (Å²) < 4.78 is 1.99. The molecular formula is C12H15N3O. The molecule has 4 heteroatoms. The van der Waals surface area contributed by atoms with Crippen molar-refractivity contribution in [1.82, 2.24) is 14.5 Å². The summed E-state index contributed by atoms with van der Waals surface area (Å²) in [5.41, 5.74) is 2.43. The molecule has 0 aliphatic heterocycles. The Morgan fingerprint density at radius 1 is 1.38 bits per heavy atom. The molecular weight excluding hydrogens is 202 g/mol. The van der Waals surface area contributed by atoms with Crippen molar-refractivity contribution in [3.05, 3.63) is 23.3 Å². The zero-order chi connectivity index (χ0) is 11.7. The van der Waals surface area contributed by atoms with Crippen LogP contribution >= 0.6 is 0 Å². The number of carbonyl (C=O) groups is 1. The lowest BCUT2D eigenvalue weighted by Gasteiger charge is -2.03. The summed E-state index contributed by atoms with van der Waals surface area (Å²) >= 11 is 0. The van der Waals surface area contributed by atoms with E-state index >= 15 is 0 Å². The molecule has 0 bridgehead atoms. The number of carbonyl (C=O) groups excluding carboxylic acids is 1. The van der Waals surface area contributed by atoms with Gasteiger partial charge >= 0.3 is 0 Å². The Kier molecular flexibility index (Phi) is 2.73. The molecule has 0 spiro atoms. The molecule has 84 valence electrons. The molecule has 0 amide bonds. The lowest BCUT2D eigenvalue weighted by Crippen LogP contribution is -2.00. The second-order valence-corrected chi connectivity index (χ2v) is 3.77. The summed E-state index contributed by atoms with van der Waals surface area (Å²) in [6.45, 7) is 6.80. The standard InChI is InChI=1S/C12H15N3O/c1-4-10-13-8(3)11-9(7-16)6-15(5-2)12(11)14-10/h6-7H,4-5H2,1-3H3. The van der Waals surface area contributed by atoms with Gasteiger partial charge in [0.2, 0.25) is 0 Å². The molecule has 0 fully saturated rings. The largest absolute Gasteiger partial charge is 0.332 e. The number of fused-ring (bicyclic) bond motifs is 1.